The Balaban J connectivity index is 1.61. The van der Waals surface area contributed by atoms with Gasteiger partial charge in [0.1, 0.15) is 5.69 Å². The molecule has 3 aromatic heterocycles. The van der Waals surface area contributed by atoms with Crippen LogP contribution in [0.15, 0.2) is 42.1 Å². The monoisotopic (exact) mass is 448 g/mol. The Kier molecular flexibility index (Phi) is 4.77. The van der Waals surface area contributed by atoms with Crippen LogP contribution in [0.5, 0.6) is 0 Å². The Bertz CT molecular complexity index is 1200. The van der Waals surface area contributed by atoms with Gasteiger partial charge in [0.2, 0.25) is 11.7 Å². The molecule has 0 aliphatic carbocycles. The van der Waals surface area contributed by atoms with Crippen molar-refractivity contribution in [1.82, 2.24) is 34.8 Å². The molecule has 3 aromatic rings. The number of allylic oxidation sites excluding steroid dienone is 1. The summed E-state index contributed by atoms with van der Waals surface area (Å²) in [5, 5.41) is 9.36. The van der Waals surface area contributed by atoms with Crippen molar-refractivity contribution < 1.29 is 17.6 Å². The smallest absolute Gasteiger partial charge is 0.350 e. The third-order valence-electron chi connectivity index (χ3n) is 5.95. The van der Waals surface area contributed by atoms with Crippen LogP contribution in [0.2, 0.25) is 0 Å². The van der Waals surface area contributed by atoms with E-state index in [1.54, 1.807) is 18.5 Å². The quantitative estimate of drug-likeness (QED) is 0.602. The number of hydrogen-bond donors (Lipinski definition) is 2. The number of aliphatic imine (C=N–C) groups is 1. The van der Waals surface area contributed by atoms with Crippen LogP contribution in [0.1, 0.15) is 36.2 Å². The van der Waals surface area contributed by atoms with Crippen molar-refractivity contribution >= 4 is 11.9 Å². The van der Waals surface area contributed by atoms with Crippen molar-refractivity contribution in [1.29, 1.82) is 0 Å². The fraction of sp³-hybridized carbons (Fsp3) is 0.400. The molecular formula is C20H20F4N8. The maximum absolute atomic E-state index is 14.2. The molecule has 0 spiro atoms. The molecule has 5 heterocycles. The van der Waals surface area contributed by atoms with Gasteiger partial charge in [-0.3, -0.25) is 14.4 Å². The second kappa shape index (κ2) is 7.40. The normalized spacial score (nSPS) is 26.5. The van der Waals surface area contributed by atoms with Gasteiger partial charge in [-0.15, -0.1) is 0 Å². The number of hydrogen-bond acceptors (Lipinski definition) is 6. The van der Waals surface area contributed by atoms with E-state index >= 15 is 0 Å². The summed E-state index contributed by atoms with van der Waals surface area (Å²) in [6.07, 6.45) is 6.11. The summed E-state index contributed by atoms with van der Waals surface area (Å²) >= 11 is 0. The highest BCUT2D eigenvalue weighted by molar-refractivity contribution is 5.72. The zero-order valence-corrected chi connectivity index (χ0v) is 17.0. The molecule has 32 heavy (non-hydrogen) atoms. The van der Waals surface area contributed by atoms with Gasteiger partial charge in [0.05, 0.1) is 18.6 Å². The minimum absolute atomic E-state index is 0.163. The lowest BCUT2D eigenvalue weighted by Gasteiger charge is -2.47. The predicted molar refractivity (Wildman–Crippen MR) is 107 cm³/mol. The molecule has 0 aromatic carbocycles. The molecule has 3 atom stereocenters. The second-order valence-electron chi connectivity index (χ2n) is 8.18. The van der Waals surface area contributed by atoms with Gasteiger partial charge >= 0.3 is 6.18 Å². The number of aromatic nitrogens is 5. The Hall–Kier alpha value is -3.28. The molecule has 0 bridgehead atoms. The first-order valence-electron chi connectivity index (χ1n) is 10.1. The molecule has 0 radical (unpaired) electrons. The molecule has 2 aliphatic heterocycles. The number of H-pyrrole nitrogens is 1. The molecule has 168 valence electrons. The van der Waals surface area contributed by atoms with Gasteiger partial charge < -0.3 is 5.32 Å². The summed E-state index contributed by atoms with van der Waals surface area (Å²) in [7, 11) is 0. The summed E-state index contributed by atoms with van der Waals surface area (Å²) in [6.45, 7) is 3.06. The number of rotatable bonds is 3. The Morgan fingerprint density at radius 3 is 2.69 bits per heavy atom. The number of nitrogens with one attached hydrogen (secondary N) is 2. The molecule has 0 amide bonds. The largest absolute Gasteiger partial charge is 0.434 e. The fourth-order valence-corrected chi connectivity index (χ4v) is 4.57. The number of alkyl halides is 3. The van der Waals surface area contributed by atoms with Gasteiger partial charge in [0.15, 0.2) is 11.3 Å². The molecule has 8 nitrogen and oxygen atoms in total. The van der Waals surface area contributed by atoms with E-state index in [9.17, 15) is 17.6 Å². The summed E-state index contributed by atoms with van der Waals surface area (Å²) in [4.78, 5) is 14.4. The second-order valence-corrected chi connectivity index (χ2v) is 8.18. The molecule has 1 fully saturated rings. The minimum Gasteiger partial charge on any atom is -0.350 e. The number of imidazole rings is 1. The van der Waals surface area contributed by atoms with E-state index < -0.39 is 23.6 Å². The SMILES string of the molecule is C[C@H]1C[C@@H](c2cn[nH]c2F)CN(C2(c3cnc4cnc(C(F)(F)F)cn34)N=CC=CN2)C1. The molecular weight excluding hydrogens is 428 g/mol. The van der Waals surface area contributed by atoms with Gasteiger partial charge in [0.25, 0.3) is 0 Å². The van der Waals surface area contributed by atoms with Crippen LogP contribution in [0, 0.1) is 11.9 Å². The number of likely N-dealkylation sites (tertiary alicyclic amines) is 1. The molecule has 12 heteroatoms. The summed E-state index contributed by atoms with van der Waals surface area (Å²) in [5.74, 6) is -1.68. The summed E-state index contributed by atoms with van der Waals surface area (Å²) < 4.78 is 55.6. The minimum atomic E-state index is -4.60. The van der Waals surface area contributed by atoms with Crippen molar-refractivity contribution in [2.24, 2.45) is 10.9 Å². The number of aromatic amines is 1. The number of fused-ring (bicyclic) bond motifs is 1. The van der Waals surface area contributed by atoms with E-state index in [-0.39, 0.29) is 17.5 Å². The number of halogens is 4. The topological polar surface area (TPSA) is 86.5 Å². The molecule has 2 aliphatic rings. The van der Waals surface area contributed by atoms with Crippen LogP contribution < -0.4 is 5.32 Å². The van der Waals surface area contributed by atoms with Crippen LogP contribution in [0.25, 0.3) is 5.65 Å². The van der Waals surface area contributed by atoms with Crippen LogP contribution >= 0.6 is 0 Å². The average Bonchev–Trinajstić information content (AvgIpc) is 3.39. The lowest BCUT2D eigenvalue weighted by atomic mass is 9.85. The molecule has 1 unspecified atom stereocenters. The van der Waals surface area contributed by atoms with Gasteiger partial charge in [0, 0.05) is 43.2 Å². The maximum atomic E-state index is 14.2. The van der Waals surface area contributed by atoms with Crippen LogP contribution in [0.4, 0.5) is 17.6 Å². The van der Waals surface area contributed by atoms with E-state index in [0.717, 1.165) is 18.8 Å². The fourth-order valence-electron chi connectivity index (χ4n) is 4.57. The Morgan fingerprint density at radius 1 is 1.16 bits per heavy atom. The third kappa shape index (κ3) is 3.34. The van der Waals surface area contributed by atoms with Gasteiger partial charge in [-0.05, 0) is 18.4 Å². The maximum Gasteiger partial charge on any atom is 0.434 e. The highest BCUT2D eigenvalue weighted by atomic mass is 19.4. The van der Waals surface area contributed by atoms with Crippen molar-refractivity contribution in [2.75, 3.05) is 13.1 Å². The van der Waals surface area contributed by atoms with E-state index in [1.165, 1.54) is 16.8 Å². The average molecular weight is 448 g/mol. The number of piperidine rings is 1. The van der Waals surface area contributed by atoms with Gasteiger partial charge in [-0.25, -0.2) is 15.0 Å². The third-order valence-corrected chi connectivity index (χ3v) is 5.95. The lowest BCUT2D eigenvalue weighted by molar-refractivity contribution is -0.141. The van der Waals surface area contributed by atoms with E-state index in [4.69, 9.17) is 0 Å². The summed E-state index contributed by atoms with van der Waals surface area (Å²) in [6, 6.07) is 0. The first kappa shape index (κ1) is 20.6. The highest BCUT2D eigenvalue weighted by Gasteiger charge is 2.45. The first-order chi connectivity index (χ1) is 15.3. The van der Waals surface area contributed by atoms with E-state index in [1.807, 2.05) is 11.8 Å². The van der Waals surface area contributed by atoms with Crippen LogP contribution in [-0.2, 0) is 12.0 Å². The highest BCUT2D eigenvalue weighted by Crippen LogP contribution is 2.39. The Morgan fingerprint density at radius 2 is 2.00 bits per heavy atom. The van der Waals surface area contributed by atoms with E-state index in [2.05, 4.69) is 30.5 Å². The van der Waals surface area contributed by atoms with E-state index in [0.29, 0.717) is 24.3 Å². The van der Waals surface area contributed by atoms with Crippen molar-refractivity contribution in [2.45, 2.75) is 31.2 Å². The van der Waals surface area contributed by atoms with Crippen LogP contribution in [0.3, 0.4) is 0 Å². The van der Waals surface area contributed by atoms with Crippen molar-refractivity contribution in [3.8, 4) is 0 Å². The number of nitrogens with zero attached hydrogens (tertiary/aromatic N) is 6. The van der Waals surface area contributed by atoms with Gasteiger partial charge in [-0.1, -0.05) is 6.92 Å². The van der Waals surface area contributed by atoms with Crippen molar-refractivity contribution in [3.05, 3.63) is 60.0 Å². The first-order valence-corrected chi connectivity index (χ1v) is 10.1. The summed E-state index contributed by atoms with van der Waals surface area (Å²) in [5.41, 5.74) is 0.122. The van der Waals surface area contributed by atoms with Crippen molar-refractivity contribution in [3.63, 3.8) is 0 Å². The van der Waals surface area contributed by atoms with Gasteiger partial charge in [-0.2, -0.15) is 22.7 Å². The molecule has 1 saturated heterocycles. The zero-order valence-electron chi connectivity index (χ0n) is 17.0. The Labute approximate surface area is 180 Å². The predicted octanol–water partition coefficient (Wildman–Crippen LogP) is 3.03. The molecule has 2 N–H and O–H groups in total. The lowest BCUT2D eigenvalue weighted by Crippen LogP contribution is -2.58. The zero-order chi connectivity index (χ0) is 22.5. The molecule has 5 rings (SSSR count). The molecule has 0 saturated carbocycles. The van der Waals surface area contributed by atoms with Crippen LogP contribution in [-0.4, -0.2) is 48.8 Å². The standard InChI is InChI=1S/C20H20F4N8/c1-12-5-13(14-6-29-30-18(14)21)10-31(9-12)20(27-3-2-4-28-20)16-7-26-17-8-25-15(11-32(16)17)19(22,23)24/h2-4,6-8,11-13,27H,5,9-10H2,1H3,(H,29,30)/t12-,13+,20?/m0/s1.